The molecule has 1 unspecified atom stereocenters. The molecule has 0 bridgehead atoms. The van der Waals surface area contributed by atoms with Crippen LogP contribution in [0.3, 0.4) is 0 Å². The van der Waals surface area contributed by atoms with E-state index in [0.717, 1.165) is 5.01 Å². The fourth-order valence-electron chi connectivity index (χ4n) is 0.964. The first-order chi connectivity index (χ1) is 6.18. The maximum Gasteiger partial charge on any atom is 0.475 e. The van der Waals surface area contributed by atoms with Gasteiger partial charge in [-0.05, 0) is 6.92 Å². The SMILES string of the molecule is CC1N(C)N=CN1C(F)(F)C(F)(F)F. The second kappa shape index (κ2) is 2.96. The number of hydrazone groups is 1. The van der Waals surface area contributed by atoms with E-state index in [1.807, 2.05) is 0 Å². The molecule has 0 aromatic carbocycles. The van der Waals surface area contributed by atoms with Crippen molar-refractivity contribution in [2.24, 2.45) is 5.10 Å². The van der Waals surface area contributed by atoms with E-state index in [1.54, 1.807) is 0 Å². The molecule has 0 aromatic heterocycles. The number of hydrogen-bond donors (Lipinski definition) is 0. The maximum atomic E-state index is 12.7. The Labute approximate surface area is 76.8 Å². The van der Waals surface area contributed by atoms with Gasteiger partial charge in [-0.25, -0.2) is 0 Å². The van der Waals surface area contributed by atoms with E-state index in [-0.39, 0.29) is 4.90 Å². The third-order valence-electron chi connectivity index (χ3n) is 1.97. The molecule has 0 spiro atoms. The number of nitrogens with zero attached hydrogens (tertiary/aromatic N) is 3. The molecule has 0 saturated heterocycles. The molecule has 0 fully saturated rings. The fraction of sp³-hybridized carbons (Fsp3) is 0.833. The summed E-state index contributed by atoms with van der Waals surface area (Å²) in [5, 5.41) is 4.35. The van der Waals surface area contributed by atoms with Crippen LogP contribution in [-0.4, -0.2) is 41.7 Å². The molecule has 0 amide bonds. The number of rotatable bonds is 1. The molecule has 0 aromatic rings. The highest BCUT2D eigenvalue weighted by atomic mass is 19.4. The Morgan fingerprint density at radius 3 is 2.00 bits per heavy atom. The van der Waals surface area contributed by atoms with E-state index in [1.165, 1.54) is 14.0 Å². The lowest BCUT2D eigenvalue weighted by atomic mass is 10.4. The normalized spacial score (nSPS) is 23.5. The van der Waals surface area contributed by atoms with Crippen LogP contribution in [0.2, 0.25) is 0 Å². The second-order valence-corrected chi connectivity index (χ2v) is 2.88. The van der Waals surface area contributed by atoms with Crippen LogP contribution in [0.5, 0.6) is 0 Å². The van der Waals surface area contributed by atoms with Crippen LogP contribution in [0.25, 0.3) is 0 Å². The molecule has 82 valence electrons. The molecule has 0 N–H and O–H groups in total. The number of hydrogen-bond acceptors (Lipinski definition) is 3. The van der Waals surface area contributed by atoms with Crippen LogP contribution in [0.15, 0.2) is 5.10 Å². The highest BCUT2D eigenvalue weighted by Gasteiger charge is 2.63. The first-order valence-electron chi connectivity index (χ1n) is 3.68. The Bertz CT molecular complexity index is 248. The van der Waals surface area contributed by atoms with Crippen LogP contribution in [0, 0.1) is 0 Å². The van der Waals surface area contributed by atoms with E-state index in [2.05, 4.69) is 5.10 Å². The van der Waals surface area contributed by atoms with Crippen LogP contribution >= 0.6 is 0 Å². The van der Waals surface area contributed by atoms with E-state index in [0.29, 0.717) is 6.34 Å². The Hall–Kier alpha value is -1.08. The summed E-state index contributed by atoms with van der Waals surface area (Å²) < 4.78 is 61.2. The van der Waals surface area contributed by atoms with E-state index in [4.69, 9.17) is 0 Å². The van der Waals surface area contributed by atoms with Gasteiger partial charge in [-0.15, -0.1) is 0 Å². The Kier molecular flexibility index (Phi) is 2.32. The summed E-state index contributed by atoms with van der Waals surface area (Å²) in [5.41, 5.74) is 0. The third-order valence-corrected chi connectivity index (χ3v) is 1.97. The van der Waals surface area contributed by atoms with E-state index >= 15 is 0 Å². The number of halogens is 5. The highest BCUT2D eigenvalue weighted by molar-refractivity contribution is 5.57. The number of alkyl halides is 5. The summed E-state index contributed by atoms with van der Waals surface area (Å²) >= 11 is 0. The van der Waals surface area contributed by atoms with Gasteiger partial charge in [0.1, 0.15) is 12.5 Å². The van der Waals surface area contributed by atoms with Crippen molar-refractivity contribution in [3.63, 3.8) is 0 Å². The van der Waals surface area contributed by atoms with Crippen molar-refractivity contribution in [2.45, 2.75) is 25.3 Å². The molecule has 8 heteroatoms. The first kappa shape index (κ1) is 11.0. The maximum absolute atomic E-state index is 12.7. The van der Waals surface area contributed by atoms with Crippen LogP contribution in [0.1, 0.15) is 6.92 Å². The molecule has 1 heterocycles. The monoisotopic (exact) mass is 217 g/mol. The van der Waals surface area contributed by atoms with Gasteiger partial charge >= 0.3 is 12.2 Å². The van der Waals surface area contributed by atoms with Crippen LogP contribution in [-0.2, 0) is 0 Å². The largest absolute Gasteiger partial charge is 0.475 e. The minimum absolute atomic E-state index is 0.132. The Balaban J connectivity index is 2.90. The van der Waals surface area contributed by atoms with Crippen molar-refractivity contribution in [2.75, 3.05) is 7.05 Å². The van der Waals surface area contributed by atoms with Gasteiger partial charge < -0.3 is 0 Å². The summed E-state index contributed by atoms with van der Waals surface area (Å²) in [4.78, 5) is -0.132. The summed E-state index contributed by atoms with van der Waals surface area (Å²) in [5.74, 6) is 0. The van der Waals surface area contributed by atoms with Crippen LogP contribution in [0.4, 0.5) is 22.0 Å². The first-order valence-corrected chi connectivity index (χ1v) is 3.68. The van der Waals surface area contributed by atoms with Gasteiger partial charge in [0, 0.05) is 7.05 Å². The molecule has 1 aliphatic heterocycles. The zero-order chi connectivity index (χ0) is 11.1. The lowest BCUT2D eigenvalue weighted by molar-refractivity contribution is -0.332. The Morgan fingerprint density at radius 1 is 1.21 bits per heavy atom. The summed E-state index contributed by atoms with van der Waals surface area (Å²) in [6, 6.07) is -4.89. The molecule has 1 aliphatic rings. The lowest BCUT2D eigenvalue weighted by Crippen LogP contribution is -2.55. The van der Waals surface area contributed by atoms with Crippen molar-refractivity contribution in [3.05, 3.63) is 0 Å². The van der Waals surface area contributed by atoms with Crippen molar-refractivity contribution < 1.29 is 22.0 Å². The van der Waals surface area contributed by atoms with Gasteiger partial charge in [0.2, 0.25) is 0 Å². The third kappa shape index (κ3) is 1.48. The zero-order valence-electron chi connectivity index (χ0n) is 7.39. The minimum Gasteiger partial charge on any atom is -0.276 e. The summed E-state index contributed by atoms with van der Waals surface area (Å²) in [6.07, 6.45) is -6.23. The predicted octanol–water partition coefficient (Wildman–Crippen LogP) is 1.68. The van der Waals surface area contributed by atoms with Gasteiger partial charge in [-0.2, -0.15) is 27.1 Å². The van der Waals surface area contributed by atoms with Crippen molar-refractivity contribution in [3.8, 4) is 0 Å². The molecule has 3 nitrogen and oxygen atoms in total. The fourth-order valence-corrected chi connectivity index (χ4v) is 0.964. The predicted molar refractivity (Wildman–Crippen MR) is 38.6 cm³/mol. The smallest absolute Gasteiger partial charge is 0.276 e. The average Bonchev–Trinajstić information content (AvgIpc) is 2.30. The quantitative estimate of drug-likeness (QED) is 0.491. The molecule has 0 aliphatic carbocycles. The average molecular weight is 217 g/mol. The molecule has 0 radical (unpaired) electrons. The molecular weight excluding hydrogens is 209 g/mol. The van der Waals surface area contributed by atoms with Crippen molar-refractivity contribution in [1.29, 1.82) is 0 Å². The van der Waals surface area contributed by atoms with Crippen molar-refractivity contribution in [1.82, 2.24) is 9.91 Å². The van der Waals surface area contributed by atoms with Gasteiger partial charge in [-0.3, -0.25) is 9.91 Å². The van der Waals surface area contributed by atoms with Gasteiger partial charge in [0.25, 0.3) is 0 Å². The molecule has 14 heavy (non-hydrogen) atoms. The van der Waals surface area contributed by atoms with Gasteiger partial charge in [0.05, 0.1) is 0 Å². The zero-order valence-corrected chi connectivity index (χ0v) is 7.39. The van der Waals surface area contributed by atoms with E-state index < -0.39 is 18.4 Å². The second-order valence-electron chi connectivity index (χ2n) is 2.88. The van der Waals surface area contributed by atoms with E-state index in [9.17, 15) is 22.0 Å². The molecule has 1 rings (SSSR count). The highest BCUT2D eigenvalue weighted by Crippen LogP contribution is 2.39. The lowest BCUT2D eigenvalue weighted by Gasteiger charge is -2.32. The Morgan fingerprint density at radius 2 is 1.71 bits per heavy atom. The van der Waals surface area contributed by atoms with Crippen LogP contribution < -0.4 is 0 Å². The molecule has 0 saturated carbocycles. The topological polar surface area (TPSA) is 18.8 Å². The minimum atomic E-state index is -5.60. The standard InChI is InChI=1S/C6H8F5N3/c1-4-13(2)12-3-14(4)6(10,11)5(7,8)9/h3-4H,1-2H3. The molecule has 1 atom stereocenters. The molecular formula is C6H8F5N3. The summed E-state index contributed by atoms with van der Waals surface area (Å²) in [7, 11) is 1.31. The summed E-state index contributed by atoms with van der Waals surface area (Å²) in [6.45, 7) is 1.20. The van der Waals surface area contributed by atoms with Gasteiger partial charge in [0.15, 0.2) is 0 Å². The van der Waals surface area contributed by atoms with Crippen molar-refractivity contribution >= 4 is 6.34 Å². The van der Waals surface area contributed by atoms with Gasteiger partial charge in [-0.1, -0.05) is 0 Å².